The van der Waals surface area contributed by atoms with Gasteiger partial charge in [0.1, 0.15) is 5.78 Å². The first kappa shape index (κ1) is 20.6. The largest absolute Gasteiger partial charge is 0.505 e. The highest BCUT2D eigenvalue weighted by molar-refractivity contribution is 14.1. The van der Waals surface area contributed by atoms with Crippen LogP contribution >= 0.6 is 22.6 Å². The Morgan fingerprint density at radius 1 is 1.21 bits per heavy atom. The Balaban J connectivity index is 1.63. The van der Waals surface area contributed by atoms with Crippen LogP contribution in [0.15, 0.2) is 12.1 Å². The summed E-state index contributed by atoms with van der Waals surface area (Å²) in [5, 5.41) is 9.94. The van der Waals surface area contributed by atoms with Crippen LogP contribution in [0.2, 0.25) is 0 Å². The Morgan fingerprint density at radius 3 is 2.79 bits per heavy atom. The lowest BCUT2D eigenvalue weighted by molar-refractivity contribution is -0.130. The molecule has 4 heteroatoms. The number of carbonyl (C=O) groups excluding carboxylic acids is 1. The maximum absolute atomic E-state index is 14.2. The lowest BCUT2D eigenvalue weighted by Crippen LogP contribution is -2.46. The Bertz CT molecular complexity index is 748. The van der Waals surface area contributed by atoms with E-state index in [1.807, 2.05) is 0 Å². The molecule has 0 radical (unpaired) electrons. The SMILES string of the molecule is C[C@]12CC[C@@H]3c4cc(F)c(O)cc4C[C@@H](CCCCCCI)[C@H]3[C@@H]1CCC2=O. The second-order valence-corrected chi connectivity index (χ2v) is 10.6. The van der Waals surface area contributed by atoms with E-state index >= 15 is 0 Å². The summed E-state index contributed by atoms with van der Waals surface area (Å²) >= 11 is 2.45. The summed E-state index contributed by atoms with van der Waals surface area (Å²) in [6.07, 6.45) is 10.9. The molecular formula is C24H32FIO2. The molecule has 1 aromatic rings. The predicted octanol–water partition coefficient (Wildman–Crippen LogP) is 6.57. The average Bonchev–Trinajstić information content (AvgIpc) is 2.97. The van der Waals surface area contributed by atoms with Gasteiger partial charge in [-0.1, -0.05) is 48.8 Å². The molecule has 2 nitrogen and oxygen atoms in total. The van der Waals surface area contributed by atoms with Crippen molar-refractivity contribution in [1.82, 2.24) is 0 Å². The van der Waals surface area contributed by atoms with Crippen molar-refractivity contribution >= 4 is 28.4 Å². The van der Waals surface area contributed by atoms with Crippen LogP contribution in [0.25, 0.3) is 0 Å². The van der Waals surface area contributed by atoms with Gasteiger partial charge in [0.25, 0.3) is 0 Å². The molecule has 0 spiro atoms. The molecule has 2 saturated carbocycles. The number of halogens is 2. The first-order valence-corrected chi connectivity index (χ1v) is 12.6. The molecule has 2 fully saturated rings. The summed E-state index contributed by atoms with van der Waals surface area (Å²) in [7, 11) is 0. The third-order valence-electron chi connectivity index (χ3n) is 8.13. The Labute approximate surface area is 181 Å². The third kappa shape index (κ3) is 3.52. The average molecular weight is 498 g/mol. The molecule has 3 aliphatic rings. The topological polar surface area (TPSA) is 37.3 Å². The molecular weight excluding hydrogens is 466 g/mol. The van der Waals surface area contributed by atoms with Gasteiger partial charge in [-0.05, 0) is 89.9 Å². The van der Waals surface area contributed by atoms with Crippen molar-refractivity contribution in [2.75, 3.05) is 4.43 Å². The fourth-order valence-corrected chi connectivity index (χ4v) is 7.24. The molecule has 1 N–H and O–H groups in total. The highest BCUT2D eigenvalue weighted by Gasteiger charge is 2.56. The van der Waals surface area contributed by atoms with E-state index in [9.17, 15) is 14.3 Å². The van der Waals surface area contributed by atoms with Gasteiger partial charge in [-0.3, -0.25) is 4.79 Å². The van der Waals surface area contributed by atoms with E-state index < -0.39 is 5.82 Å². The fourth-order valence-electron chi connectivity index (χ4n) is 6.70. The predicted molar refractivity (Wildman–Crippen MR) is 119 cm³/mol. The summed E-state index contributed by atoms with van der Waals surface area (Å²) in [6.45, 7) is 2.20. The number of Topliss-reactive ketones (excluding diaryl/α,β-unsaturated/α-hetero) is 1. The summed E-state index contributed by atoms with van der Waals surface area (Å²) < 4.78 is 15.4. The number of carbonyl (C=O) groups is 1. The van der Waals surface area contributed by atoms with Crippen molar-refractivity contribution in [1.29, 1.82) is 0 Å². The van der Waals surface area contributed by atoms with Crippen molar-refractivity contribution in [3.63, 3.8) is 0 Å². The van der Waals surface area contributed by atoms with Crippen LogP contribution in [-0.2, 0) is 11.2 Å². The number of hydrogen-bond donors (Lipinski definition) is 1. The smallest absolute Gasteiger partial charge is 0.165 e. The van der Waals surface area contributed by atoms with E-state index in [2.05, 4.69) is 29.5 Å². The number of benzene rings is 1. The fraction of sp³-hybridized carbons (Fsp3) is 0.708. The lowest BCUT2D eigenvalue weighted by Gasteiger charge is -2.51. The first-order valence-electron chi connectivity index (χ1n) is 11.1. The molecule has 0 heterocycles. The van der Waals surface area contributed by atoms with E-state index in [0.717, 1.165) is 43.2 Å². The van der Waals surface area contributed by atoms with Gasteiger partial charge in [0.05, 0.1) is 0 Å². The minimum absolute atomic E-state index is 0.159. The van der Waals surface area contributed by atoms with Crippen LogP contribution in [0, 0.1) is 29.0 Å². The summed E-state index contributed by atoms with van der Waals surface area (Å²) in [5.74, 6) is 1.59. The minimum Gasteiger partial charge on any atom is -0.505 e. The highest BCUT2D eigenvalue weighted by Crippen LogP contribution is 2.61. The molecule has 0 bridgehead atoms. The maximum Gasteiger partial charge on any atom is 0.165 e. The van der Waals surface area contributed by atoms with Gasteiger partial charge < -0.3 is 5.11 Å². The molecule has 3 aliphatic carbocycles. The van der Waals surface area contributed by atoms with Crippen molar-refractivity contribution in [2.24, 2.45) is 23.2 Å². The second kappa shape index (κ2) is 8.23. The summed E-state index contributed by atoms with van der Waals surface area (Å²) in [4.78, 5) is 12.7. The molecule has 0 aromatic heterocycles. The van der Waals surface area contributed by atoms with E-state index in [1.165, 1.54) is 36.5 Å². The minimum atomic E-state index is -0.495. The van der Waals surface area contributed by atoms with Crippen molar-refractivity contribution in [3.8, 4) is 5.75 Å². The zero-order valence-electron chi connectivity index (χ0n) is 16.9. The van der Waals surface area contributed by atoms with E-state index in [-0.39, 0.29) is 11.2 Å². The van der Waals surface area contributed by atoms with Crippen LogP contribution in [0.1, 0.15) is 81.8 Å². The van der Waals surface area contributed by atoms with Crippen LogP contribution in [0.4, 0.5) is 4.39 Å². The molecule has 28 heavy (non-hydrogen) atoms. The number of rotatable bonds is 6. The molecule has 0 saturated heterocycles. The molecule has 0 unspecified atom stereocenters. The number of hydrogen-bond acceptors (Lipinski definition) is 2. The Morgan fingerprint density at radius 2 is 2.00 bits per heavy atom. The number of phenols is 1. The van der Waals surface area contributed by atoms with Crippen LogP contribution in [-0.4, -0.2) is 15.3 Å². The van der Waals surface area contributed by atoms with Crippen molar-refractivity contribution < 1.29 is 14.3 Å². The van der Waals surface area contributed by atoms with Gasteiger partial charge in [-0.15, -0.1) is 0 Å². The van der Waals surface area contributed by atoms with Gasteiger partial charge in [0.2, 0.25) is 0 Å². The van der Waals surface area contributed by atoms with Crippen LogP contribution in [0.3, 0.4) is 0 Å². The number of ketones is 1. The molecule has 0 amide bonds. The van der Waals surface area contributed by atoms with Crippen molar-refractivity contribution in [2.45, 2.75) is 77.0 Å². The number of phenolic OH excluding ortho intramolecular Hbond substituents is 1. The van der Waals surface area contributed by atoms with E-state index in [4.69, 9.17) is 0 Å². The number of alkyl halides is 1. The monoisotopic (exact) mass is 498 g/mol. The third-order valence-corrected chi connectivity index (χ3v) is 8.90. The first-order chi connectivity index (χ1) is 13.5. The molecule has 1 aromatic carbocycles. The molecule has 5 atom stereocenters. The zero-order valence-corrected chi connectivity index (χ0v) is 19.0. The lowest BCUT2D eigenvalue weighted by atomic mass is 9.52. The van der Waals surface area contributed by atoms with Gasteiger partial charge in [-0.2, -0.15) is 0 Å². The standard InChI is InChI=1S/C24H32FIO2/c1-24-10-9-17-18-14-20(25)21(27)13-16(18)12-15(6-4-2-3-5-11-26)23(17)19(24)7-8-22(24)28/h13-15,17,19,23,27H,2-12H2,1H3/t15-,17-,19+,23-,24+/m1/s1. The number of fused-ring (bicyclic) bond motifs is 5. The zero-order chi connectivity index (χ0) is 19.9. The van der Waals surface area contributed by atoms with Gasteiger partial charge in [0, 0.05) is 11.8 Å². The van der Waals surface area contributed by atoms with E-state index in [1.54, 1.807) is 12.1 Å². The van der Waals surface area contributed by atoms with Crippen molar-refractivity contribution in [3.05, 3.63) is 29.1 Å². The highest BCUT2D eigenvalue weighted by atomic mass is 127. The van der Waals surface area contributed by atoms with Crippen LogP contribution in [0.5, 0.6) is 5.75 Å². The molecule has 0 aliphatic heterocycles. The number of aromatic hydroxyl groups is 1. The second-order valence-electron chi connectivity index (χ2n) is 9.57. The quantitative estimate of drug-likeness (QED) is 0.274. The van der Waals surface area contributed by atoms with Gasteiger partial charge >= 0.3 is 0 Å². The maximum atomic E-state index is 14.2. The summed E-state index contributed by atoms with van der Waals surface area (Å²) in [5.41, 5.74) is 2.10. The van der Waals surface area contributed by atoms with Gasteiger partial charge in [-0.25, -0.2) is 4.39 Å². The van der Waals surface area contributed by atoms with E-state index in [0.29, 0.717) is 29.5 Å². The Kier molecular flexibility index (Phi) is 6.06. The van der Waals surface area contributed by atoms with Crippen LogP contribution < -0.4 is 0 Å². The molecule has 154 valence electrons. The molecule has 4 rings (SSSR count). The Hall–Kier alpha value is -0.650. The normalized spacial score (nSPS) is 34.0. The van der Waals surface area contributed by atoms with Gasteiger partial charge in [0.15, 0.2) is 11.6 Å². The summed E-state index contributed by atoms with van der Waals surface area (Å²) in [6, 6.07) is 3.27. The number of unbranched alkanes of at least 4 members (excludes halogenated alkanes) is 3.